The van der Waals surface area contributed by atoms with Crippen LogP contribution in [0.2, 0.25) is 6.04 Å². The molecule has 0 saturated carbocycles. The van der Waals surface area contributed by atoms with Gasteiger partial charge in [0.1, 0.15) is 0 Å². The number of hydrogen-bond donors (Lipinski definition) is 0. The third-order valence-electron chi connectivity index (χ3n) is 5.16. The van der Waals surface area contributed by atoms with Crippen LogP contribution in [-0.4, -0.2) is 29.9 Å². The molecule has 0 radical (unpaired) electrons. The summed E-state index contributed by atoms with van der Waals surface area (Å²) in [6, 6.07) is -1.85. The molecule has 0 unspecified atom stereocenters. The zero-order chi connectivity index (χ0) is 25.1. The van der Waals surface area contributed by atoms with Crippen LogP contribution in [0.4, 0.5) is 39.5 Å². The topological polar surface area (TPSA) is 0 Å². The van der Waals surface area contributed by atoms with Crippen molar-refractivity contribution in [1.29, 1.82) is 0 Å². The first-order chi connectivity index (χ1) is 14.5. The minimum atomic E-state index is -6.80. The van der Waals surface area contributed by atoms with Gasteiger partial charge < -0.3 is 0 Å². The van der Waals surface area contributed by atoms with E-state index in [1.807, 2.05) is 0 Å². The molecule has 0 N–H and O–H groups in total. The van der Waals surface area contributed by atoms with Crippen LogP contribution in [0.3, 0.4) is 0 Å². The van der Waals surface area contributed by atoms with Gasteiger partial charge in [-0.25, -0.2) is 0 Å². The van der Waals surface area contributed by atoms with Crippen molar-refractivity contribution in [2.45, 2.75) is 120 Å². The van der Waals surface area contributed by atoms with Gasteiger partial charge in [0.2, 0.25) is 0 Å². The monoisotopic (exact) mass is 562 g/mol. The standard InChI is InChI=1S/C19H30Cl3F9Si/c20-32(21,22)15-13-11-9-7-5-3-1-2-4-6-8-10-12-14-16(23,24)17(25,26)18(27,28)19(29,30)31/h1-15H2. The van der Waals surface area contributed by atoms with Gasteiger partial charge in [-0.3, -0.25) is 0 Å². The molecule has 13 heteroatoms. The molecule has 0 rings (SSSR count). The molecule has 0 aromatic heterocycles. The van der Waals surface area contributed by atoms with Gasteiger partial charge in [0.15, 0.2) is 0 Å². The fraction of sp³-hybridized carbons (Fsp3) is 1.00. The van der Waals surface area contributed by atoms with Crippen LogP contribution in [-0.2, 0) is 0 Å². The number of hydrogen-bond acceptors (Lipinski definition) is 0. The van der Waals surface area contributed by atoms with Crippen LogP contribution >= 0.6 is 33.2 Å². The minimum Gasteiger partial charge on any atom is -0.200 e. The van der Waals surface area contributed by atoms with E-state index >= 15 is 0 Å². The highest BCUT2D eigenvalue weighted by atomic mass is 35.8. The minimum absolute atomic E-state index is 0.0559. The van der Waals surface area contributed by atoms with E-state index in [9.17, 15) is 39.5 Å². The summed E-state index contributed by atoms with van der Waals surface area (Å²) in [6.45, 7) is 0. The predicted octanol–water partition coefficient (Wildman–Crippen LogP) is 10.6. The first kappa shape index (κ1) is 32.5. The van der Waals surface area contributed by atoms with Crippen molar-refractivity contribution in [3.63, 3.8) is 0 Å². The van der Waals surface area contributed by atoms with Gasteiger partial charge in [0.05, 0.1) is 0 Å². The van der Waals surface area contributed by atoms with Gasteiger partial charge in [-0.1, -0.05) is 77.0 Å². The molecule has 0 bridgehead atoms. The van der Waals surface area contributed by atoms with E-state index in [4.69, 9.17) is 33.2 Å². The molecule has 0 aliphatic carbocycles. The van der Waals surface area contributed by atoms with Crippen molar-refractivity contribution >= 4 is 39.2 Å². The Balaban J connectivity index is 3.80. The Labute approximate surface area is 198 Å². The largest absolute Gasteiger partial charge is 0.460 e. The third kappa shape index (κ3) is 11.7. The second-order valence-electron chi connectivity index (χ2n) is 8.06. The fourth-order valence-corrected chi connectivity index (χ4v) is 5.04. The van der Waals surface area contributed by atoms with E-state index in [0.29, 0.717) is 18.9 Å². The Morgan fingerprint density at radius 1 is 0.438 bits per heavy atom. The molecule has 0 nitrogen and oxygen atoms in total. The maximum Gasteiger partial charge on any atom is 0.460 e. The van der Waals surface area contributed by atoms with Gasteiger partial charge in [0.25, 0.3) is 0 Å². The average molecular weight is 564 g/mol. The lowest BCUT2D eigenvalue weighted by molar-refractivity contribution is -0.396. The molecule has 0 saturated heterocycles. The second kappa shape index (κ2) is 14.1. The molecule has 32 heavy (non-hydrogen) atoms. The molecule has 0 spiro atoms. The van der Waals surface area contributed by atoms with Crippen molar-refractivity contribution < 1.29 is 39.5 Å². The van der Waals surface area contributed by atoms with E-state index in [-0.39, 0.29) is 6.42 Å². The Bertz CT molecular complexity index is 509. The first-order valence-electron chi connectivity index (χ1n) is 10.7. The highest BCUT2D eigenvalue weighted by molar-refractivity contribution is 7.64. The van der Waals surface area contributed by atoms with Crippen LogP contribution in [0.1, 0.15) is 89.9 Å². The predicted molar refractivity (Wildman–Crippen MR) is 114 cm³/mol. The van der Waals surface area contributed by atoms with Crippen molar-refractivity contribution in [2.24, 2.45) is 0 Å². The molecule has 0 atom stereocenters. The number of rotatable bonds is 18. The summed E-state index contributed by atoms with van der Waals surface area (Å²) in [5.74, 6) is -18.7. The zero-order valence-electron chi connectivity index (χ0n) is 17.6. The van der Waals surface area contributed by atoms with Crippen LogP contribution in [0.5, 0.6) is 0 Å². The highest BCUT2D eigenvalue weighted by Gasteiger charge is 2.81. The van der Waals surface area contributed by atoms with Gasteiger partial charge >= 0.3 is 29.9 Å². The Morgan fingerprint density at radius 2 is 0.750 bits per heavy atom. The summed E-state index contributed by atoms with van der Waals surface area (Å²) < 4.78 is 115. The third-order valence-corrected chi connectivity index (χ3v) is 7.78. The first-order valence-corrected chi connectivity index (χ1v) is 16.0. The summed E-state index contributed by atoms with van der Waals surface area (Å²) in [5.41, 5.74) is 0. The normalized spacial score (nSPS) is 14.2. The molecular formula is C19H30Cl3F9Si. The molecular weight excluding hydrogens is 534 g/mol. The smallest absolute Gasteiger partial charge is 0.200 e. The second-order valence-corrected chi connectivity index (χ2v) is 17.3. The molecule has 194 valence electrons. The SMILES string of the molecule is FC(F)(F)C(F)(F)C(F)(F)C(F)(F)CCCCCCCCCCCCCCC[Si](Cl)(Cl)Cl. The number of unbranched alkanes of at least 4 members (excludes halogenated alkanes) is 12. The Kier molecular flexibility index (Phi) is 14.3. The number of halogens is 12. The van der Waals surface area contributed by atoms with Gasteiger partial charge in [0, 0.05) is 6.42 Å². The summed E-state index contributed by atoms with van der Waals surface area (Å²) in [6.07, 6.45) is 1.06. The molecule has 0 heterocycles. The Hall–Kier alpha value is 0.457. The lowest BCUT2D eigenvalue weighted by Gasteiger charge is -2.33. The summed E-state index contributed by atoms with van der Waals surface area (Å²) in [4.78, 5) is 0. The molecule has 0 aromatic carbocycles. The van der Waals surface area contributed by atoms with Crippen LogP contribution in [0.25, 0.3) is 0 Å². The van der Waals surface area contributed by atoms with Crippen molar-refractivity contribution in [1.82, 2.24) is 0 Å². The van der Waals surface area contributed by atoms with E-state index in [0.717, 1.165) is 57.8 Å². The maximum absolute atomic E-state index is 13.4. The summed E-state index contributed by atoms with van der Waals surface area (Å²) in [7, 11) is 0. The molecule has 0 amide bonds. The van der Waals surface area contributed by atoms with Gasteiger partial charge in [-0.05, 0) is 12.5 Å². The maximum atomic E-state index is 13.4. The van der Waals surface area contributed by atoms with E-state index in [2.05, 4.69) is 0 Å². The van der Waals surface area contributed by atoms with E-state index < -0.39 is 42.8 Å². The van der Waals surface area contributed by atoms with Crippen LogP contribution in [0, 0.1) is 0 Å². The van der Waals surface area contributed by atoms with Crippen LogP contribution < -0.4 is 0 Å². The number of alkyl halides is 9. The van der Waals surface area contributed by atoms with Crippen molar-refractivity contribution in [2.75, 3.05) is 0 Å². The Morgan fingerprint density at radius 3 is 1.06 bits per heavy atom. The van der Waals surface area contributed by atoms with Gasteiger partial charge in [-0.2, -0.15) is 39.5 Å². The summed E-state index contributed by atoms with van der Waals surface area (Å²) >= 11 is 17.4. The quantitative estimate of drug-likeness (QED) is 0.0673. The lowest BCUT2D eigenvalue weighted by atomic mass is 9.97. The van der Waals surface area contributed by atoms with Crippen molar-refractivity contribution in [3.05, 3.63) is 0 Å². The van der Waals surface area contributed by atoms with E-state index in [1.165, 1.54) is 0 Å². The van der Waals surface area contributed by atoms with Gasteiger partial charge in [-0.15, -0.1) is 33.2 Å². The molecule has 0 aromatic rings. The lowest BCUT2D eigenvalue weighted by Crippen LogP contribution is -2.60. The zero-order valence-corrected chi connectivity index (χ0v) is 20.9. The fourth-order valence-electron chi connectivity index (χ4n) is 3.18. The molecule has 0 aliphatic heterocycles. The molecule has 0 fully saturated rings. The van der Waals surface area contributed by atoms with Crippen LogP contribution in [0.15, 0.2) is 0 Å². The molecule has 0 aliphatic rings. The van der Waals surface area contributed by atoms with Crippen molar-refractivity contribution in [3.8, 4) is 0 Å². The van der Waals surface area contributed by atoms with E-state index in [1.54, 1.807) is 0 Å². The summed E-state index contributed by atoms with van der Waals surface area (Å²) in [5, 5.41) is 0. The average Bonchev–Trinajstić information content (AvgIpc) is 2.62. The highest BCUT2D eigenvalue weighted by Crippen LogP contribution is 2.54.